The van der Waals surface area contributed by atoms with E-state index in [2.05, 4.69) is 14.8 Å². The zero-order chi connectivity index (χ0) is 8.27. The van der Waals surface area contributed by atoms with Crippen molar-refractivity contribution >= 4 is 24.3 Å². The van der Waals surface area contributed by atoms with Crippen LogP contribution in [-0.4, -0.2) is 27.8 Å². The largest absolute Gasteiger partial charge is 0.468 e. The molecule has 0 aliphatic rings. The van der Waals surface area contributed by atoms with Crippen LogP contribution in [0.2, 0.25) is 0 Å². The summed E-state index contributed by atoms with van der Waals surface area (Å²) in [5.74, 6) is -0.197. The number of halogens is 1. The fraction of sp³-hybridized carbons (Fsp3) is 0.400. The van der Waals surface area contributed by atoms with Crippen molar-refractivity contribution in [3.8, 4) is 0 Å². The maximum absolute atomic E-state index is 10.7. The summed E-state index contributed by atoms with van der Waals surface area (Å²) in [5, 5.41) is 3.68. The van der Waals surface area contributed by atoms with E-state index < -0.39 is 5.97 Å². The Bertz CT molecular complexity index is 262. The van der Waals surface area contributed by atoms with E-state index in [0.29, 0.717) is 0 Å². The monoisotopic (exact) mass is 192 g/mol. The lowest BCUT2D eigenvalue weighted by Crippen LogP contribution is -2.14. The highest BCUT2D eigenvalue weighted by molar-refractivity contribution is 5.85. The van der Waals surface area contributed by atoms with Gasteiger partial charge in [-0.2, -0.15) is 5.10 Å². The summed E-state index contributed by atoms with van der Waals surface area (Å²) in [6, 6.07) is 0. The van der Waals surface area contributed by atoms with Gasteiger partial charge in [-0.25, -0.2) is 9.67 Å². The van der Waals surface area contributed by atoms with Crippen LogP contribution in [0.25, 0.3) is 0 Å². The second kappa shape index (κ2) is 4.55. The maximum atomic E-state index is 10.7. The molecule has 6 nitrogen and oxygen atoms in total. The predicted octanol–water partition coefficient (Wildman–Crippen LogP) is -0.545. The Labute approximate surface area is 75.1 Å². The van der Waals surface area contributed by atoms with E-state index in [4.69, 9.17) is 5.73 Å². The minimum absolute atomic E-state index is 0. The quantitative estimate of drug-likeness (QED) is 0.636. The fourth-order valence-electron chi connectivity index (χ4n) is 0.582. The number of aromatic nitrogens is 3. The van der Waals surface area contributed by atoms with Gasteiger partial charge in [-0.05, 0) is 0 Å². The minimum Gasteiger partial charge on any atom is -0.468 e. The van der Waals surface area contributed by atoms with Gasteiger partial charge >= 0.3 is 5.97 Å². The van der Waals surface area contributed by atoms with Crippen LogP contribution in [0.1, 0.15) is 0 Å². The molecule has 0 saturated carbocycles. The molecule has 1 rings (SSSR count). The lowest BCUT2D eigenvalue weighted by Gasteiger charge is -1.99. The Morgan fingerprint density at radius 3 is 2.92 bits per heavy atom. The van der Waals surface area contributed by atoms with Gasteiger partial charge in [0.05, 0.1) is 7.11 Å². The molecule has 0 aromatic carbocycles. The van der Waals surface area contributed by atoms with Crippen LogP contribution in [0, 0.1) is 0 Å². The molecule has 1 aromatic rings. The van der Waals surface area contributed by atoms with Gasteiger partial charge in [-0.1, -0.05) is 0 Å². The second-order valence-corrected chi connectivity index (χ2v) is 1.85. The van der Waals surface area contributed by atoms with Crippen molar-refractivity contribution in [1.29, 1.82) is 0 Å². The van der Waals surface area contributed by atoms with E-state index in [1.54, 1.807) is 0 Å². The van der Waals surface area contributed by atoms with Crippen LogP contribution in [0.15, 0.2) is 6.33 Å². The Kier molecular flexibility index (Phi) is 4.06. The van der Waals surface area contributed by atoms with E-state index >= 15 is 0 Å². The average molecular weight is 193 g/mol. The molecule has 7 heteroatoms. The van der Waals surface area contributed by atoms with E-state index in [0.717, 1.165) is 0 Å². The molecular formula is C5H9ClN4O2. The van der Waals surface area contributed by atoms with Gasteiger partial charge in [0.15, 0.2) is 0 Å². The number of nitrogens with zero attached hydrogens (tertiary/aromatic N) is 3. The Balaban J connectivity index is 0.00000121. The Hall–Kier alpha value is -1.30. The highest BCUT2D eigenvalue weighted by Gasteiger charge is 2.04. The summed E-state index contributed by atoms with van der Waals surface area (Å²) in [5.41, 5.74) is 5.33. The summed E-state index contributed by atoms with van der Waals surface area (Å²) in [4.78, 5) is 14.3. The molecule has 12 heavy (non-hydrogen) atoms. The van der Waals surface area contributed by atoms with Crippen LogP contribution < -0.4 is 5.73 Å². The third-order valence-corrected chi connectivity index (χ3v) is 1.15. The molecule has 68 valence electrons. The smallest absolute Gasteiger partial charge is 0.327 e. The molecule has 0 radical (unpaired) electrons. The average Bonchev–Trinajstić information content (AvgIpc) is 2.37. The number of carbonyl (C=O) groups is 1. The summed E-state index contributed by atoms with van der Waals surface area (Å²) < 4.78 is 5.65. The molecule has 0 bridgehead atoms. The number of anilines is 1. The highest BCUT2D eigenvalue weighted by atomic mass is 35.5. The zero-order valence-electron chi connectivity index (χ0n) is 6.43. The van der Waals surface area contributed by atoms with Crippen molar-refractivity contribution in [2.75, 3.05) is 12.8 Å². The van der Waals surface area contributed by atoms with Gasteiger partial charge in [-0.3, -0.25) is 4.79 Å². The summed E-state index contributed by atoms with van der Waals surface area (Å²) in [6.45, 7) is 0.00231. The summed E-state index contributed by atoms with van der Waals surface area (Å²) in [6.07, 6.45) is 1.28. The first kappa shape index (κ1) is 10.7. The van der Waals surface area contributed by atoms with Crippen molar-refractivity contribution in [2.45, 2.75) is 6.54 Å². The first-order valence-corrected chi connectivity index (χ1v) is 2.94. The Morgan fingerprint density at radius 2 is 2.50 bits per heavy atom. The standard InChI is InChI=1S/C5H8N4O2.ClH/c1-11-4(10)2-9-5(6)7-3-8-9;/h3H,2H2,1H3,(H2,6,7,8);1H. The summed E-state index contributed by atoms with van der Waals surface area (Å²) >= 11 is 0. The molecule has 0 aliphatic heterocycles. The topological polar surface area (TPSA) is 83.0 Å². The molecule has 1 aromatic heterocycles. The number of carbonyl (C=O) groups excluding carboxylic acids is 1. The van der Waals surface area contributed by atoms with Crippen LogP contribution in [0.3, 0.4) is 0 Å². The van der Waals surface area contributed by atoms with Gasteiger partial charge in [-0.15, -0.1) is 12.4 Å². The molecule has 0 fully saturated rings. The van der Waals surface area contributed by atoms with E-state index in [1.165, 1.54) is 18.1 Å². The first-order chi connectivity index (χ1) is 5.24. The number of methoxy groups -OCH3 is 1. The van der Waals surface area contributed by atoms with Gasteiger partial charge in [0.1, 0.15) is 12.9 Å². The molecule has 2 N–H and O–H groups in total. The first-order valence-electron chi connectivity index (χ1n) is 2.94. The third-order valence-electron chi connectivity index (χ3n) is 1.15. The van der Waals surface area contributed by atoms with Crippen molar-refractivity contribution < 1.29 is 9.53 Å². The molecule has 0 amide bonds. The second-order valence-electron chi connectivity index (χ2n) is 1.85. The predicted molar refractivity (Wildman–Crippen MR) is 43.7 cm³/mol. The van der Waals surface area contributed by atoms with Crippen LogP contribution in [0.5, 0.6) is 0 Å². The molecular weight excluding hydrogens is 184 g/mol. The lowest BCUT2D eigenvalue weighted by atomic mass is 10.6. The third kappa shape index (κ3) is 2.39. The van der Waals surface area contributed by atoms with E-state index in [1.807, 2.05) is 0 Å². The zero-order valence-corrected chi connectivity index (χ0v) is 7.24. The van der Waals surface area contributed by atoms with Crippen molar-refractivity contribution in [2.24, 2.45) is 0 Å². The molecule has 0 aliphatic carbocycles. The lowest BCUT2D eigenvalue weighted by molar-refractivity contribution is -0.141. The number of nitrogens with two attached hydrogens (primary N) is 1. The fourth-order valence-corrected chi connectivity index (χ4v) is 0.582. The number of esters is 1. The van der Waals surface area contributed by atoms with Crippen molar-refractivity contribution in [1.82, 2.24) is 14.8 Å². The maximum Gasteiger partial charge on any atom is 0.327 e. The van der Waals surface area contributed by atoms with Crippen LogP contribution >= 0.6 is 12.4 Å². The molecule has 0 atom stereocenters. The molecule has 0 saturated heterocycles. The number of hydrogen-bond acceptors (Lipinski definition) is 5. The number of rotatable bonds is 2. The van der Waals surface area contributed by atoms with Gasteiger partial charge in [0.25, 0.3) is 0 Å². The SMILES string of the molecule is COC(=O)Cn1ncnc1N.Cl. The number of nitrogen functional groups attached to an aromatic ring is 1. The van der Waals surface area contributed by atoms with Crippen molar-refractivity contribution in [3.05, 3.63) is 6.33 Å². The van der Waals surface area contributed by atoms with E-state index in [-0.39, 0.29) is 24.9 Å². The molecule has 0 unspecified atom stereocenters. The summed E-state index contributed by atoms with van der Waals surface area (Å²) in [7, 11) is 1.30. The Morgan fingerprint density at radius 1 is 1.83 bits per heavy atom. The van der Waals surface area contributed by atoms with Crippen LogP contribution in [0.4, 0.5) is 5.95 Å². The normalized spacial score (nSPS) is 8.75. The minimum atomic E-state index is -0.401. The van der Waals surface area contributed by atoms with Crippen molar-refractivity contribution in [3.63, 3.8) is 0 Å². The number of ether oxygens (including phenoxy) is 1. The molecule has 1 heterocycles. The molecule has 0 spiro atoms. The van der Waals surface area contributed by atoms with E-state index in [9.17, 15) is 4.79 Å². The van der Waals surface area contributed by atoms with Gasteiger partial charge < -0.3 is 10.5 Å². The van der Waals surface area contributed by atoms with Gasteiger partial charge in [0.2, 0.25) is 5.95 Å². The van der Waals surface area contributed by atoms with Gasteiger partial charge in [0, 0.05) is 0 Å². The number of hydrogen-bond donors (Lipinski definition) is 1. The highest BCUT2D eigenvalue weighted by Crippen LogP contribution is 1.93. The van der Waals surface area contributed by atoms with Crippen LogP contribution in [-0.2, 0) is 16.1 Å².